The van der Waals surface area contributed by atoms with Gasteiger partial charge in [0.15, 0.2) is 0 Å². The molecule has 2 atom stereocenters. The Hall–Kier alpha value is -3.29. The van der Waals surface area contributed by atoms with E-state index in [0.29, 0.717) is 23.4 Å². The van der Waals surface area contributed by atoms with Gasteiger partial charge < -0.3 is 9.80 Å². The van der Waals surface area contributed by atoms with E-state index < -0.39 is 0 Å². The Labute approximate surface area is 161 Å². The molecule has 7 nitrogen and oxygen atoms in total. The van der Waals surface area contributed by atoms with Crippen molar-refractivity contribution in [3.63, 3.8) is 0 Å². The van der Waals surface area contributed by atoms with E-state index >= 15 is 0 Å². The Morgan fingerprint density at radius 3 is 2.46 bits per heavy atom. The summed E-state index contributed by atoms with van der Waals surface area (Å²) in [5, 5.41) is 0. The molecule has 0 N–H and O–H groups in total. The molecule has 142 valence electrons. The quantitative estimate of drug-likeness (QED) is 0.693. The third kappa shape index (κ3) is 2.72. The van der Waals surface area contributed by atoms with Crippen LogP contribution in [0, 0.1) is 5.82 Å². The first kappa shape index (κ1) is 16.9. The molecular weight excluding hydrogens is 359 g/mol. The fraction of sp³-hybridized carbons (Fsp3) is 0.300. The van der Waals surface area contributed by atoms with Gasteiger partial charge in [0.25, 0.3) is 5.56 Å². The van der Waals surface area contributed by atoms with Crippen LogP contribution in [0.3, 0.4) is 0 Å². The topological polar surface area (TPSA) is 67.2 Å². The van der Waals surface area contributed by atoms with Gasteiger partial charge in [0.05, 0.1) is 17.4 Å². The lowest BCUT2D eigenvalue weighted by molar-refractivity contribution is 0.611. The highest BCUT2D eigenvalue weighted by atomic mass is 19.1. The van der Waals surface area contributed by atoms with Gasteiger partial charge in [-0.2, -0.15) is 0 Å². The van der Waals surface area contributed by atoms with Crippen LogP contribution in [-0.4, -0.2) is 44.7 Å². The molecule has 0 aliphatic carbocycles. The van der Waals surface area contributed by atoms with Crippen molar-refractivity contribution in [2.75, 3.05) is 22.9 Å². The molecule has 2 bridgehead atoms. The van der Waals surface area contributed by atoms with Crippen LogP contribution < -0.4 is 15.4 Å². The molecule has 2 aliphatic rings. The zero-order valence-corrected chi connectivity index (χ0v) is 15.4. The van der Waals surface area contributed by atoms with Crippen molar-refractivity contribution in [3.8, 4) is 11.4 Å². The lowest BCUT2D eigenvalue weighted by Gasteiger charge is -2.36. The molecule has 28 heavy (non-hydrogen) atoms. The third-order valence-corrected chi connectivity index (χ3v) is 5.61. The van der Waals surface area contributed by atoms with Crippen molar-refractivity contribution in [1.82, 2.24) is 19.5 Å². The van der Waals surface area contributed by atoms with E-state index in [-0.39, 0.29) is 17.4 Å². The van der Waals surface area contributed by atoms with Crippen LogP contribution in [0.5, 0.6) is 0 Å². The van der Waals surface area contributed by atoms with Crippen LogP contribution in [0.4, 0.5) is 16.0 Å². The Bertz CT molecular complexity index is 1070. The van der Waals surface area contributed by atoms with Crippen molar-refractivity contribution in [2.24, 2.45) is 7.05 Å². The van der Waals surface area contributed by atoms with Crippen LogP contribution in [0.15, 0.2) is 53.7 Å². The summed E-state index contributed by atoms with van der Waals surface area (Å²) in [5.41, 5.74) is 2.10. The minimum atomic E-state index is -0.226. The average molecular weight is 378 g/mol. The molecule has 0 amide bonds. The summed E-state index contributed by atoms with van der Waals surface area (Å²) in [6, 6.07) is 10.5. The summed E-state index contributed by atoms with van der Waals surface area (Å²) in [5.74, 6) is 0.433. The molecule has 2 fully saturated rings. The number of hydrogen-bond acceptors (Lipinski definition) is 6. The van der Waals surface area contributed by atoms with E-state index in [1.165, 1.54) is 24.5 Å². The van der Waals surface area contributed by atoms with Gasteiger partial charge in [-0.15, -0.1) is 0 Å². The van der Waals surface area contributed by atoms with Crippen LogP contribution in [0.25, 0.3) is 11.4 Å². The standard InChI is InChI=1S/C20H19FN6O/c1-25-19(28)9-18(17-6-7-22-12-23-17)24-20(25)27-11-15-8-16(27)10-26(15)14-4-2-13(21)3-5-14/h2-7,9,12,15-16H,8,10-11H2,1H3/t15?,16-/m1/s1. The maximum atomic E-state index is 13.2. The zero-order valence-electron chi connectivity index (χ0n) is 15.4. The summed E-state index contributed by atoms with van der Waals surface area (Å²) in [6.07, 6.45) is 4.08. The summed E-state index contributed by atoms with van der Waals surface area (Å²) < 4.78 is 14.8. The van der Waals surface area contributed by atoms with Crippen LogP contribution in [-0.2, 0) is 7.05 Å². The third-order valence-electron chi connectivity index (χ3n) is 5.61. The number of benzene rings is 1. The van der Waals surface area contributed by atoms with Gasteiger partial charge in [-0.3, -0.25) is 9.36 Å². The number of fused-ring (bicyclic) bond motifs is 2. The lowest BCUT2D eigenvalue weighted by Crippen LogP contribution is -2.48. The van der Waals surface area contributed by atoms with E-state index in [1.54, 1.807) is 23.9 Å². The number of anilines is 2. The van der Waals surface area contributed by atoms with E-state index in [9.17, 15) is 9.18 Å². The SMILES string of the molecule is Cn1c(N2CC3C[C@@H]2CN3c2ccc(F)cc2)nc(-c2ccncn2)cc1=O. The molecule has 3 aromatic rings. The summed E-state index contributed by atoms with van der Waals surface area (Å²) in [7, 11) is 1.75. The molecule has 5 rings (SSSR count). The number of nitrogens with zero attached hydrogens (tertiary/aromatic N) is 6. The maximum absolute atomic E-state index is 13.2. The highest BCUT2D eigenvalue weighted by Crippen LogP contribution is 2.36. The fourth-order valence-electron chi connectivity index (χ4n) is 4.22. The molecule has 0 spiro atoms. The smallest absolute Gasteiger partial charge is 0.255 e. The second-order valence-corrected chi connectivity index (χ2v) is 7.26. The second-order valence-electron chi connectivity index (χ2n) is 7.26. The molecule has 2 aromatic heterocycles. The molecule has 8 heteroatoms. The predicted octanol–water partition coefficient (Wildman–Crippen LogP) is 1.84. The molecule has 2 aliphatic heterocycles. The Morgan fingerprint density at radius 1 is 1.04 bits per heavy atom. The van der Waals surface area contributed by atoms with E-state index in [1.807, 2.05) is 12.1 Å². The average Bonchev–Trinajstić information content (AvgIpc) is 3.32. The van der Waals surface area contributed by atoms with Gasteiger partial charge in [-0.05, 0) is 36.8 Å². The first-order valence-corrected chi connectivity index (χ1v) is 9.23. The van der Waals surface area contributed by atoms with Crippen LogP contribution >= 0.6 is 0 Å². The number of halogens is 1. The molecule has 1 unspecified atom stereocenters. The predicted molar refractivity (Wildman–Crippen MR) is 104 cm³/mol. The van der Waals surface area contributed by atoms with E-state index in [0.717, 1.165) is 25.2 Å². The Balaban J connectivity index is 1.45. The number of piperazine rings is 1. The molecule has 1 aromatic carbocycles. The van der Waals surface area contributed by atoms with Gasteiger partial charge in [0.2, 0.25) is 5.95 Å². The van der Waals surface area contributed by atoms with Gasteiger partial charge in [-0.1, -0.05) is 0 Å². The fourth-order valence-corrected chi connectivity index (χ4v) is 4.22. The lowest BCUT2D eigenvalue weighted by atomic mass is 10.2. The number of hydrogen-bond donors (Lipinski definition) is 0. The van der Waals surface area contributed by atoms with E-state index in [4.69, 9.17) is 4.98 Å². The van der Waals surface area contributed by atoms with Gasteiger partial charge in [0, 0.05) is 44.1 Å². The van der Waals surface area contributed by atoms with Crippen molar-refractivity contribution in [2.45, 2.75) is 18.5 Å². The minimum absolute atomic E-state index is 0.114. The first-order chi connectivity index (χ1) is 13.6. The van der Waals surface area contributed by atoms with E-state index in [2.05, 4.69) is 19.8 Å². The van der Waals surface area contributed by atoms with Crippen molar-refractivity contribution >= 4 is 11.6 Å². The Morgan fingerprint density at radius 2 is 1.79 bits per heavy atom. The van der Waals surface area contributed by atoms with Crippen molar-refractivity contribution in [1.29, 1.82) is 0 Å². The molecule has 2 saturated heterocycles. The minimum Gasteiger partial charge on any atom is -0.365 e. The molecular formula is C20H19FN6O. The van der Waals surface area contributed by atoms with Crippen molar-refractivity contribution < 1.29 is 4.39 Å². The van der Waals surface area contributed by atoms with Crippen LogP contribution in [0.2, 0.25) is 0 Å². The first-order valence-electron chi connectivity index (χ1n) is 9.23. The normalized spacial score (nSPS) is 20.8. The zero-order chi connectivity index (χ0) is 19.3. The second kappa shape index (κ2) is 6.40. The van der Waals surface area contributed by atoms with Crippen molar-refractivity contribution in [3.05, 3.63) is 65.1 Å². The Kier molecular flexibility index (Phi) is 3.85. The molecule has 4 heterocycles. The summed E-state index contributed by atoms with van der Waals surface area (Å²) in [6.45, 7) is 1.60. The highest BCUT2D eigenvalue weighted by Gasteiger charge is 2.44. The van der Waals surface area contributed by atoms with Gasteiger partial charge >= 0.3 is 0 Å². The molecule has 0 radical (unpaired) electrons. The largest absolute Gasteiger partial charge is 0.365 e. The molecule has 0 saturated carbocycles. The summed E-state index contributed by atoms with van der Waals surface area (Å²) >= 11 is 0. The highest BCUT2D eigenvalue weighted by molar-refractivity contribution is 5.58. The van der Waals surface area contributed by atoms with Gasteiger partial charge in [-0.25, -0.2) is 19.3 Å². The number of rotatable bonds is 3. The maximum Gasteiger partial charge on any atom is 0.255 e. The number of aromatic nitrogens is 4. The monoisotopic (exact) mass is 378 g/mol. The van der Waals surface area contributed by atoms with Gasteiger partial charge in [0.1, 0.15) is 12.1 Å². The summed E-state index contributed by atoms with van der Waals surface area (Å²) in [4.78, 5) is 29.9. The van der Waals surface area contributed by atoms with Crippen LogP contribution in [0.1, 0.15) is 6.42 Å².